The Bertz CT molecular complexity index is 1200. The lowest BCUT2D eigenvalue weighted by Gasteiger charge is -2.33. The lowest BCUT2D eigenvalue weighted by atomic mass is 10.0. The van der Waals surface area contributed by atoms with Crippen LogP contribution in [0.2, 0.25) is 0 Å². The number of rotatable bonds is 4. The fourth-order valence-corrected chi connectivity index (χ4v) is 4.67. The molecule has 2 fully saturated rings. The standard InChI is InChI=1S/C23H21F4N3O4S/c1-22(2)20(32)29(13-4-3-12(9-28)15(7-13)23(25,26)27)21(35)30(22)14-5-6-18(16(24)8-14)34-19-11-33-10-17(19)31/h3-8,17,19-20,31-32H,10-11H2,1-2H3/t17-,19-,20?/m0/s1. The van der Waals surface area contributed by atoms with Crippen molar-refractivity contribution in [1.82, 2.24) is 0 Å². The monoisotopic (exact) mass is 511 g/mol. The molecule has 2 N–H and O–H groups in total. The predicted molar refractivity (Wildman–Crippen MR) is 121 cm³/mol. The van der Waals surface area contributed by atoms with Gasteiger partial charge in [0.05, 0.1) is 35.9 Å². The van der Waals surface area contributed by atoms with Crippen LogP contribution >= 0.6 is 12.2 Å². The smallest absolute Gasteiger partial charge is 0.417 e. The van der Waals surface area contributed by atoms with E-state index in [0.717, 1.165) is 23.1 Å². The Labute approximate surface area is 203 Å². The van der Waals surface area contributed by atoms with E-state index in [1.54, 1.807) is 13.8 Å². The number of hydrogen-bond donors (Lipinski definition) is 2. The van der Waals surface area contributed by atoms with Gasteiger partial charge in [-0.25, -0.2) is 4.39 Å². The molecule has 2 aromatic carbocycles. The van der Waals surface area contributed by atoms with E-state index in [2.05, 4.69) is 0 Å². The van der Waals surface area contributed by atoms with Gasteiger partial charge in [-0.2, -0.15) is 18.4 Å². The molecule has 0 spiro atoms. The molecule has 2 saturated heterocycles. The molecule has 0 radical (unpaired) electrons. The number of aliphatic hydroxyl groups is 2. The van der Waals surface area contributed by atoms with Gasteiger partial charge in [-0.15, -0.1) is 0 Å². The molecular formula is C23H21F4N3O4S. The number of ether oxygens (including phenoxy) is 2. The predicted octanol–water partition coefficient (Wildman–Crippen LogP) is 3.56. The van der Waals surface area contributed by atoms with Gasteiger partial charge in [-0.3, -0.25) is 4.90 Å². The zero-order valence-corrected chi connectivity index (χ0v) is 19.4. The first kappa shape index (κ1) is 25.1. The molecule has 4 rings (SSSR count). The number of hydrogen-bond acceptors (Lipinski definition) is 6. The van der Waals surface area contributed by atoms with Crippen LogP contribution in [0, 0.1) is 17.1 Å². The van der Waals surface area contributed by atoms with Crippen LogP contribution in [0.5, 0.6) is 5.75 Å². The third-order valence-electron chi connectivity index (χ3n) is 6.01. The topological polar surface area (TPSA) is 89.2 Å². The first-order valence-corrected chi connectivity index (χ1v) is 10.9. The van der Waals surface area contributed by atoms with Crippen molar-refractivity contribution in [3.05, 3.63) is 53.3 Å². The summed E-state index contributed by atoms with van der Waals surface area (Å²) < 4.78 is 66.0. The summed E-state index contributed by atoms with van der Waals surface area (Å²) in [6.45, 7) is 3.40. The summed E-state index contributed by atoms with van der Waals surface area (Å²) in [6.07, 6.45) is -7.80. The average Bonchev–Trinajstić information content (AvgIpc) is 3.26. The summed E-state index contributed by atoms with van der Waals surface area (Å²) in [5.41, 5.74) is -2.73. The molecule has 0 aliphatic carbocycles. The van der Waals surface area contributed by atoms with E-state index in [-0.39, 0.29) is 35.5 Å². The van der Waals surface area contributed by atoms with Crippen molar-refractivity contribution in [3.63, 3.8) is 0 Å². The van der Waals surface area contributed by atoms with Gasteiger partial charge < -0.3 is 24.6 Å². The highest BCUT2D eigenvalue weighted by atomic mass is 32.1. The number of aliphatic hydroxyl groups excluding tert-OH is 2. The Morgan fingerprint density at radius 2 is 1.83 bits per heavy atom. The van der Waals surface area contributed by atoms with Crippen molar-refractivity contribution >= 4 is 28.7 Å². The molecule has 7 nitrogen and oxygen atoms in total. The van der Waals surface area contributed by atoms with Crippen LogP contribution in [-0.4, -0.2) is 52.5 Å². The zero-order chi connectivity index (χ0) is 25.7. The molecule has 2 heterocycles. The Morgan fingerprint density at radius 3 is 2.40 bits per heavy atom. The summed E-state index contributed by atoms with van der Waals surface area (Å²) in [5, 5.41) is 29.8. The largest absolute Gasteiger partial charge is 0.482 e. The van der Waals surface area contributed by atoms with Gasteiger partial charge >= 0.3 is 6.18 Å². The SMILES string of the molecule is CC1(C)C(O)N(c2ccc(C#N)c(C(F)(F)F)c2)C(=S)N1c1ccc(O[C@H]2COC[C@@H]2O)c(F)c1. The molecule has 1 unspecified atom stereocenters. The van der Waals surface area contributed by atoms with Crippen molar-refractivity contribution in [2.75, 3.05) is 23.0 Å². The molecule has 2 aliphatic heterocycles. The molecule has 12 heteroatoms. The number of thiocarbonyl (C=S) groups is 1. The van der Waals surface area contributed by atoms with Gasteiger partial charge in [-0.1, -0.05) is 0 Å². The Morgan fingerprint density at radius 1 is 1.14 bits per heavy atom. The quantitative estimate of drug-likeness (QED) is 0.476. The third-order valence-corrected chi connectivity index (χ3v) is 6.39. The summed E-state index contributed by atoms with van der Waals surface area (Å²) in [5.74, 6) is -0.878. The minimum Gasteiger partial charge on any atom is -0.482 e. The third kappa shape index (κ3) is 4.40. The molecule has 186 valence electrons. The average molecular weight is 511 g/mol. The number of nitrogens with zero attached hydrogens (tertiary/aromatic N) is 3. The van der Waals surface area contributed by atoms with Crippen LogP contribution < -0.4 is 14.5 Å². The van der Waals surface area contributed by atoms with Crippen LogP contribution in [0.4, 0.5) is 28.9 Å². The first-order valence-electron chi connectivity index (χ1n) is 10.5. The fraction of sp³-hybridized carbons (Fsp3) is 0.391. The summed E-state index contributed by atoms with van der Waals surface area (Å²) >= 11 is 5.50. The fourth-order valence-electron chi connectivity index (χ4n) is 4.12. The van der Waals surface area contributed by atoms with Gasteiger partial charge in [0.25, 0.3) is 0 Å². The van der Waals surface area contributed by atoms with E-state index in [0.29, 0.717) is 0 Å². The minimum atomic E-state index is -4.79. The summed E-state index contributed by atoms with van der Waals surface area (Å²) in [7, 11) is 0. The van der Waals surface area contributed by atoms with E-state index < -0.39 is 47.1 Å². The van der Waals surface area contributed by atoms with Crippen LogP contribution in [0.15, 0.2) is 36.4 Å². The number of nitriles is 1. The Hall–Kier alpha value is -2.98. The van der Waals surface area contributed by atoms with Crippen molar-refractivity contribution in [2.45, 2.75) is 44.0 Å². The number of anilines is 2. The summed E-state index contributed by atoms with van der Waals surface area (Å²) in [6, 6.07) is 8.49. The number of halogens is 4. The van der Waals surface area contributed by atoms with E-state index in [9.17, 15) is 27.8 Å². The maximum Gasteiger partial charge on any atom is 0.417 e. The molecule has 0 saturated carbocycles. The normalized spacial score (nSPS) is 24.1. The Balaban J connectivity index is 1.68. The maximum atomic E-state index is 14.9. The van der Waals surface area contributed by atoms with Crippen molar-refractivity contribution in [2.24, 2.45) is 0 Å². The zero-order valence-electron chi connectivity index (χ0n) is 18.6. The molecule has 3 atom stereocenters. The number of benzene rings is 2. The minimum absolute atomic E-state index is 0.0620. The molecular weight excluding hydrogens is 490 g/mol. The van der Waals surface area contributed by atoms with Gasteiger partial charge in [0.1, 0.15) is 6.10 Å². The second-order valence-corrected chi connectivity index (χ2v) is 9.10. The van der Waals surface area contributed by atoms with Crippen molar-refractivity contribution < 1.29 is 37.2 Å². The van der Waals surface area contributed by atoms with E-state index in [1.807, 2.05) is 0 Å². The van der Waals surface area contributed by atoms with Crippen LogP contribution in [-0.2, 0) is 10.9 Å². The Kier molecular flexibility index (Phi) is 6.39. The second kappa shape index (κ2) is 8.91. The summed E-state index contributed by atoms with van der Waals surface area (Å²) in [4.78, 5) is 2.55. The van der Waals surface area contributed by atoms with E-state index >= 15 is 0 Å². The first-order chi connectivity index (χ1) is 16.4. The number of alkyl halides is 3. The van der Waals surface area contributed by atoms with Crippen molar-refractivity contribution in [1.29, 1.82) is 5.26 Å². The molecule has 2 aliphatic rings. The molecule has 35 heavy (non-hydrogen) atoms. The molecule has 0 amide bonds. The maximum absolute atomic E-state index is 14.9. The molecule has 2 aromatic rings. The van der Waals surface area contributed by atoms with Crippen LogP contribution in [0.1, 0.15) is 25.0 Å². The van der Waals surface area contributed by atoms with E-state index in [4.69, 9.17) is 27.0 Å². The van der Waals surface area contributed by atoms with E-state index in [1.165, 1.54) is 29.2 Å². The van der Waals surface area contributed by atoms with Gasteiger partial charge in [0, 0.05) is 17.4 Å². The highest BCUT2D eigenvalue weighted by molar-refractivity contribution is 7.80. The lowest BCUT2D eigenvalue weighted by molar-refractivity contribution is -0.137. The highest BCUT2D eigenvalue weighted by Crippen LogP contribution is 2.42. The van der Waals surface area contributed by atoms with Gasteiger partial charge in [-0.05, 0) is 56.4 Å². The highest BCUT2D eigenvalue weighted by Gasteiger charge is 2.50. The van der Waals surface area contributed by atoms with Gasteiger partial charge in [0.15, 0.2) is 29.0 Å². The molecule has 0 bridgehead atoms. The second-order valence-electron chi connectivity index (χ2n) is 8.73. The van der Waals surface area contributed by atoms with Gasteiger partial charge in [0.2, 0.25) is 0 Å². The lowest BCUT2D eigenvalue weighted by Crippen LogP contribution is -2.47. The van der Waals surface area contributed by atoms with Crippen LogP contribution in [0.25, 0.3) is 0 Å². The van der Waals surface area contributed by atoms with Crippen LogP contribution in [0.3, 0.4) is 0 Å². The van der Waals surface area contributed by atoms with Crippen molar-refractivity contribution in [3.8, 4) is 11.8 Å². The molecule has 0 aromatic heterocycles.